The number of amides is 2. The molecule has 2 amide bonds. The van der Waals surface area contributed by atoms with Crippen LogP contribution in [-0.4, -0.2) is 19.6 Å². The Kier molecular flexibility index (Phi) is 8.09. The highest BCUT2D eigenvalue weighted by Crippen LogP contribution is 2.36. The molecule has 0 fully saturated rings. The SMILES string of the molecule is CC(C)c1cc(Cl)cc(C(C)C)c1NC(=O)NS(=O)(=O)c1cc(C(C)O)cc(C(F)(F)F)c1. The van der Waals surface area contributed by atoms with Gasteiger partial charge in [-0.25, -0.2) is 17.9 Å². The molecule has 0 aliphatic carbocycles. The number of benzene rings is 2. The maximum atomic E-state index is 13.2. The van der Waals surface area contributed by atoms with Crippen molar-refractivity contribution in [3.8, 4) is 0 Å². The molecule has 33 heavy (non-hydrogen) atoms. The van der Waals surface area contributed by atoms with E-state index in [0.717, 1.165) is 6.07 Å². The van der Waals surface area contributed by atoms with E-state index in [0.29, 0.717) is 34.0 Å². The van der Waals surface area contributed by atoms with Gasteiger partial charge in [-0.1, -0.05) is 39.3 Å². The lowest BCUT2D eigenvalue weighted by molar-refractivity contribution is -0.137. The van der Waals surface area contributed by atoms with E-state index < -0.39 is 38.8 Å². The molecule has 0 aliphatic heterocycles. The first-order valence-corrected chi connectivity index (χ1v) is 12.0. The summed E-state index contributed by atoms with van der Waals surface area (Å²) in [4.78, 5) is 11.8. The van der Waals surface area contributed by atoms with Crippen molar-refractivity contribution in [3.63, 3.8) is 0 Å². The Labute approximate surface area is 196 Å². The summed E-state index contributed by atoms with van der Waals surface area (Å²) in [6.07, 6.45) is -6.20. The maximum absolute atomic E-state index is 13.2. The van der Waals surface area contributed by atoms with Gasteiger partial charge in [-0.15, -0.1) is 0 Å². The Hall–Kier alpha value is -2.30. The van der Waals surface area contributed by atoms with Crippen molar-refractivity contribution < 1.29 is 31.5 Å². The standard InChI is InChI=1S/C22H26ClF3N2O4S/c1-11(2)18-9-16(23)10-19(12(3)4)20(18)27-21(30)28-33(31,32)17-7-14(13(5)29)6-15(8-17)22(24,25)26/h6-13,29H,1-5H3,(H2,27,28,30). The molecule has 0 spiro atoms. The van der Waals surface area contributed by atoms with Gasteiger partial charge in [0.1, 0.15) is 0 Å². The van der Waals surface area contributed by atoms with E-state index in [4.69, 9.17) is 11.6 Å². The molecule has 2 rings (SSSR count). The van der Waals surface area contributed by atoms with Gasteiger partial charge in [-0.05, 0) is 65.8 Å². The summed E-state index contributed by atoms with van der Waals surface area (Å²) in [7, 11) is -4.69. The first-order valence-electron chi connectivity index (χ1n) is 10.1. The summed E-state index contributed by atoms with van der Waals surface area (Å²) < 4.78 is 66.9. The van der Waals surface area contributed by atoms with Crippen LogP contribution in [0.3, 0.4) is 0 Å². The third kappa shape index (κ3) is 6.61. The van der Waals surface area contributed by atoms with Gasteiger partial charge in [0.15, 0.2) is 0 Å². The number of aliphatic hydroxyl groups excluding tert-OH is 1. The molecule has 2 aromatic carbocycles. The van der Waals surface area contributed by atoms with Crippen molar-refractivity contribution in [2.45, 2.75) is 63.6 Å². The average molecular weight is 507 g/mol. The Bertz CT molecular complexity index is 1120. The van der Waals surface area contributed by atoms with Crippen LogP contribution in [0, 0.1) is 0 Å². The molecule has 182 valence electrons. The lowest BCUT2D eigenvalue weighted by atomic mass is 9.92. The molecule has 1 unspecified atom stereocenters. The second-order valence-corrected chi connectivity index (χ2v) is 10.4. The molecule has 0 radical (unpaired) electrons. The molecule has 6 nitrogen and oxygen atoms in total. The summed E-state index contributed by atoms with van der Waals surface area (Å²) in [6.45, 7) is 8.69. The highest BCUT2D eigenvalue weighted by molar-refractivity contribution is 7.90. The molecule has 0 aromatic heterocycles. The predicted molar refractivity (Wildman–Crippen MR) is 121 cm³/mol. The molecular weight excluding hydrogens is 481 g/mol. The number of halogens is 4. The minimum Gasteiger partial charge on any atom is -0.389 e. The Morgan fingerprint density at radius 3 is 1.91 bits per heavy atom. The number of anilines is 1. The monoisotopic (exact) mass is 506 g/mol. The predicted octanol–water partition coefficient (Wildman–Crippen LogP) is 6.17. The Morgan fingerprint density at radius 1 is 0.970 bits per heavy atom. The van der Waals surface area contributed by atoms with Crippen LogP contribution in [0.4, 0.5) is 23.7 Å². The van der Waals surface area contributed by atoms with Crippen molar-refractivity contribution in [2.75, 3.05) is 5.32 Å². The fourth-order valence-electron chi connectivity index (χ4n) is 3.21. The quantitative estimate of drug-likeness (QED) is 0.436. The van der Waals surface area contributed by atoms with Crippen molar-refractivity contribution in [2.24, 2.45) is 0 Å². The zero-order chi connectivity index (χ0) is 25.3. The maximum Gasteiger partial charge on any atom is 0.416 e. The number of sulfonamides is 1. The Balaban J connectivity index is 2.46. The molecule has 0 saturated carbocycles. The van der Waals surface area contributed by atoms with E-state index in [1.807, 2.05) is 27.7 Å². The number of carbonyl (C=O) groups is 1. The molecule has 0 bridgehead atoms. The van der Waals surface area contributed by atoms with Gasteiger partial charge in [-0.2, -0.15) is 13.2 Å². The lowest BCUT2D eigenvalue weighted by Crippen LogP contribution is -2.35. The van der Waals surface area contributed by atoms with Gasteiger partial charge in [0.2, 0.25) is 0 Å². The molecule has 0 aliphatic rings. The van der Waals surface area contributed by atoms with Crippen LogP contribution in [0.2, 0.25) is 5.02 Å². The molecule has 0 saturated heterocycles. The molecule has 3 N–H and O–H groups in total. The molecule has 11 heteroatoms. The van der Waals surface area contributed by atoms with Crippen molar-refractivity contribution in [1.82, 2.24) is 4.72 Å². The first-order chi connectivity index (χ1) is 15.0. The highest BCUT2D eigenvalue weighted by atomic mass is 35.5. The van der Waals surface area contributed by atoms with Gasteiger partial charge in [0.05, 0.1) is 16.6 Å². The number of nitrogens with one attached hydrogen (secondary N) is 2. The topological polar surface area (TPSA) is 95.5 Å². The molecule has 1 atom stereocenters. The molecule has 0 heterocycles. The Morgan fingerprint density at radius 2 is 1.48 bits per heavy atom. The van der Waals surface area contributed by atoms with Crippen LogP contribution in [0.5, 0.6) is 0 Å². The largest absolute Gasteiger partial charge is 0.416 e. The molecule has 2 aromatic rings. The van der Waals surface area contributed by atoms with Crippen LogP contribution in [0.15, 0.2) is 35.2 Å². The van der Waals surface area contributed by atoms with Gasteiger partial charge < -0.3 is 10.4 Å². The lowest BCUT2D eigenvalue weighted by Gasteiger charge is -2.21. The van der Waals surface area contributed by atoms with Crippen molar-refractivity contribution >= 4 is 33.3 Å². The number of carbonyl (C=O) groups excluding carboxylic acids is 1. The van der Waals surface area contributed by atoms with E-state index in [2.05, 4.69) is 5.32 Å². The minimum atomic E-state index is -4.85. The number of hydrogen-bond donors (Lipinski definition) is 3. The normalized spacial score (nSPS) is 13.3. The summed E-state index contributed by atoms with van der Waals surface area (Å²) in [5.41, 5.74) is 0.213. The number of rotatable bonds is 6. The van der Waals surface area contributed by atoms with Crippen LogP contribution in [0.1, 0.15) is 74.8 Å². The van der Waals surface area contributed by atoms with Crippen molar-refractivity contribution in [3.05, 3.63) is 57.6 Å². The van der Waals surface area contributed by atoms with Crippen LogP contribution in [-0.2, 0) is 16.2 Å². The van der Waals surface area contributed by atoms with E-state index in [1.165, 1.54) is 6.92 Å². The molecular formula is C22H26ClF3N2O4S. The summed E-state index contributed by atoms with van der Waals surface area (Å²) in [5.74, 6) is -0.129. The average Bonchev–Trinajstić information content (AvgIpc) is 2.67. The van der Waals surface area contributed by atoms with E-state index in [-0.39, 0.29) is 17.4 Å². The first kappa shape index (κ1) is 26.9. The van der Waals surface area contributed by atoms with E-state index in [1.54, 1.807) is 16.9 Å². The summed E-state index contributed by atoms with van der Waals surface area (Å²) in [5, 5.41) is 12.7. The zero-order valence-corrected chi connectivity index (χ0v) is 20.3. The van der Waals surface area contributed by atoms with E-state index >= 15 is 0 Å². The fraction of sp³-hybridized carbons (Fsp3) is 0.409. The smallest absolute Gasteiger partial charge is 0.389 e. The third-order valence-corrected chi connectivity index (χ3v) is 6.45. The second-order valence-electron chi connectivity index (χ2n) is 8.29. The zero-order valence-electron chi connectivity index (χ0n) is 18.7. The van der Waals surface area contributed by atoms with Crippen LogP contribution >= 0.6 is 11.6 Å². The van der Waals surface area contributed by atoms with Gasteiger partial charge in [-0.3, -0.25) is 0 Å². The van der Waals surface area contributed by atoms with Crippen LogP contribution in [0.25, 0.3) is 0 Å². The summed E-state index contributed by atoms with van der Waals surface area (Å²) in [6, 6.07) is 4.12. The van der Waals surface area contributed by atoms with Gasteiger partial charge in [0.25, 0.3) is 10.0 Å². The fourth-order valence-corrected chi connectivity index (χ4v) is 4.43. The van der Waals surface area contributed by atoms with Crippen LogP contribution < -0.4 is 10.0 Å². The highest BCUT2D eigenvalue weighted by Gasteiger charge is 2.33. The summed E-state index contributed by atoms with van der Waals surface area (Å²) >= 11 is 6.19. The van der Waals surface area contributed by atoms with E-state index in [9.17, 15) is 31.5 Å². The second kappa shape index (κ2) is 9.90. The number of urea groups is 1. The van der Waals surface area contributed by atoms with Crippen molar-refractivity contribution in [1.29, 1.82) is 0 Å². The van der Waals surface area contributed by atoms with Gasteiger partial charge >= 0.3 is 12.2 Å². The number of hydrogen-bond acceptors (Lipinski definition) is 4. The third-order valence-electron chi connectivity index (χ3n) is 4.92. The number of aliphatic hydroxyl groups is 1. The van der Waals surface area contributed by atoms with Gasteiger partial charge in [0, 0.05) is 10.7 Å². The minimum absolute atomic E-state index is 0.0647. The number of alkyl halides is 3.